The Morgan fingerprint density at radius 3 is 1.35 bits per heavy atom. The quantitative estimate of drug-likeness (QED) is 0.267. The van der Waals surface area contributed by atoms with Crippen molar-refractivity contribution < 1.29 is 34.0 Å². The molecule has 8 atom stereocenters. The van der Waals surface area contributed by atoms with E-state index in [9.17, 15) is 10.2 Å². The van der Waals surface area contributed by atoms with Gasteiger partial charge in [-0.3, -0.25) is 9.80 Å². The predicted octanol–water partition coefficient (Wildman–Crippen LogP) is 5.89. The molecule has 2 aliphatic carbocycles. The summed E-state index contributed by atoms with van der Waals surface area (Å²) in [5.41, 5.74) is 1.34. The number of likely N-dealkylation sites (tertiary alicyclic amines) is 2. The summed E-state index contributed by atoms with van der Waals surface area (Å²) in [7, 11) is 7.69. The summed E-state index contributed by atoms with van der Waals surface area (Å²) < 4.78 is 24.7. The number of carbonyl (C=O) groups excluding carboxylic acids is 1. The lowest BCUT2D eigenvalue weighted by Crippen LogP contribution is -2.68. The zero-order valence-corrected chi connectivity index (χ0v) is 38.9. The largest absolute Gasteiger partial charge is 0.493 e. The van der Waals surface area contributed by atoms with Crippen LogP contribution in [0, 0.1) is 10.8 Å². The fourth-order valence-electron chi connectivity index (χ4n) is 11.8. The summed E-state index contributed by atoms with van der Waals surface area (Å²) in [5, 5.41) is 23.1. The molecule has 4 aliphatic heterocycles. The van der Waals surface area contributed by atoms with E-state index in [1.165, 1.54) is 25.7 Å². The molecule has 0 aromatic heterocycles. The zero-order chi connectivity index (χ0) is 43.9. The Kier molecular flexibility index (Phi) is 13.6. The molecule has 0 bridgehead atoms. The van der Waals surface area contributed by atoms with E-state index < -0.39 is 23.0 Å². The van der Waals surface area contributed by atoms with Crippen LogP contribution in [0.1, 0.15) is 102 Å². The molecule has 4 heterocycles. The number of ether oxygens (including phenoxy) is 4. The van der Waals surface area contributed by atoms with Crippen molar-refractivity contribution in [3.8, 4) is 23.0 Å². The van der Waals surface area contributed by atoms with Crippen LogP contribution in [-0.4, -0.2) is 176 Å². The van der Waals surface area contributed by atoms with E-state index in [0.29, 0.717) is 39.3 Å². The summed E-state index contributed by atoms with van der Waals surface area (Å²) in [4.78, 5) is 29.2. The van der Waals surface area contributed by atoms with Gasteiger partial charge in [0.15, 0.2) is 23.0 Å². The van der Waals surface area contributed by atoms with Gasteiger partial charge in [-0.05, 0) is 115 Å². The molecule has 2 aromatic carbocycles. The first kappa shape index (κ1) is 45.2. The Bertz CT molecular complexity index is 1720. The fraction of sp³-hybridized carbons (Fsp3) is 0.735. The summed E-state index contributed by atoms with van der Waals surface area (Å²) in [6.45, 7) is 15.2. The van der Waals surface area contributed by atoms with Gasteiger partial charge in [0, 0.05) is 88.1 Å². The maximum atomic E-state index is 15.4. The lowest BCUT2D eigenvalue weighted by atomic mass is 9.72. The number of hydrogen-bond donors (Lipinski definition) is 2. The van der Waals surface area contributed by atoms with Gasteiger partial charge in [0.25, 0.3) is 0 Å². The van der Waals surface area contributed by atoms with Gasteiger partial charge in [0.05, 0.1) is 51.0 Å². The highest BCUT2D eigenvalue weighted by atomic mass is 16.5. The molecule has 4 saturated heterocycles. The van der Waals surface area contributed by atoms with Crippen molar-refractivity contribution >= 4 is 6.03 Å². The van der Waals surface area contributed by atoms with Crippen molar-refractivity contribution in [1.29, 1.82) is 0 Å². The van der Waals surface area contributed by atoms with Crippen LogP contribution in [-0.2, 0) is 0 Å². The summed E-state index contributed by atoms with van der Waals surface area (Å²) in [6.07, 6.45) is 7.88. The van der Waals surface area contributed by atoms with Gasteiger partial charge in [-0.15, -0.1) is 0 Å². The maximum Gasteiger partial charge on any atom is 0.322 e. The van der Waals surface area contributed by atoms with E-state index in [1.54, 1.807) is 14.2 Å². The van der Waals surface area contributed by atoms with Crippen molar-refractivity contribution in [3.05, 3.63) is 47.5 Å². The lowest BCUT2D eigenvalue weighted by Gasteiger charge is -2.50. The highest BCUT2D eigenvalue weighted by Gasteiger charge is 2.53. The van der Waals surface area contributed by atoms with Crippen LogP contribution in [0.4, 0.5) is 4.79 Å². The number of hydrogen-bond acceptors (Lipinski definition) is 11. The van der Waals surface area contributed by atoms with Crippen LogP contribution in [0.3, 0.4) is 0 Å². The van der Waals surface area contributed by atoms with Gasteiger partial charge in [0.2, 0.25) is 0 Å². The van der Waals surface area contributed by atoms with Crippen molar-refractivity contribution in [2.24, 2.45) is 10.8 Å². The van der Waals surface area contributed by atoms with E-state index in [2.05, 4.69) is 81.6 Å². The minimum atomic E-state index is -0.575. The molecule has 0 radical (unpaired) electrons. The van der Waals surface area contributed by atoms with Crippen LogP contribution in [0.5, 0.6) is 23.0 Å². The SMILES string of the molecule is COc1ccc(C2CN(C3CN(C)CCN3C(=O)N3CCN(C)CC3N3C[C@@H](c4ccc(OC)c(OC5CCCC5)c4)[C@](C)(C(C)O)C3)CC2(C)C(C)O)cc1OC1CCCC1. The number of benzene rings is 2. The van der Waals surface area contributed by atoms with E-state index in [-0.39, 0.29) is 42.4 Å². The average molecular weight is 861 g/mol. The number of nitrogens with zero attached hydrogens (tertiary/aromatic N) is 6. The fourth-order valence-corrected chi connectivity index (χ4v) is 11.8. The van der Waals surface area contributed by atoms with Gasteiger partial charge < -0.3 is 48.8 Å². The van der Waals surface area contributed by atoms with Gasteiger partial charge in [-0.2, -0.15) is 0 Å². The smallest absolute Gasteiger partial charge is 0.322 e. The molecule has 2 aromatic rings. The van der Waals surface area contributed by atoms with Crippen molar-refractivity contribution in [2.45, 2.75) is 128 Å². The van der Waals surface area contributed by atoms with Gasteiger partial charge >= 0.3 is 6.03 Å². The molecule has 62 heavy (non-hydrogen) atoms. The van der Waals surface area contributed by atoms with Crippen molar-refractivity contribution in [3.63, 3.8) is 0 Å². The summed E-state index contributed by atoms with van der Waals surface area (Å²) in [6, 6.07) is 12.7. The standard InChI is InChI=1S/C49H76N6O7/c1-33(56)48(3)31-52(27-39(48)35-17-19-41(59-7)43(25-35)61-37-13-9-10-14-37)45-29-50(5)21-23-54(45)47(58)55-24-22-51(6)30-46(55)53-28-40(49(4,32-53)34(2)57)36-18-20-42(60-8)44(26-36)62-38-15-11-12-16-38/h17-20,25-26,33-34,37-40,45-46,56-57H,9-16,21-24,27-32H2,1-8H3/t33?,34?,39-,40?,45?,46?,48-,49?/m0/s1. The second kappa shape index (κ2) is 18.6. The molecule has 2 saturated carbocycles. The first-order chi connectivity index (χ1) is 29.7. The van der Waals surface area contributed by atoms with Crippen molar-refractivity contribution in [1.82, 2.24) is 29.4 Å². The number of methoxy groups -OCH3 is 2. The molecular weight excluding hydrogens is 785 g/mol. The normalized spacial score (nSPS) is 32.1. The minimum Gasteiger partial charge on any atom is -0.493 e. The Morgan fingerprint density at radius 1 is 0.613 bits per heavy atom. The topological polar surface area (TPSA) is 114 Å². The Morgan fingerprint density at radius 2 is 1.00 bits per heavy atom. The number of aliphatic hydroxyl groups is 2. The molecular formula is C49H76N6O7. The lowest BCUT2D eigenvalue weighted by molar-refractivity contribution is -0.0350. The van der Waals surface area contributed by atoms with Crippen LogP contribution >= 0.6 is 0 Å². The third-order valence-electron chi connectivity index (χ3n) is 16.2. The van der Waals surface area contributed by atoms with E-state index in [0.717, 1.165) is 86.0 Å². The zero-order valence-electron chi connectivity index (χ0n) is 38.9. The number of urea groups is 1. The number of amides is 2. The molecule has 2 amide bonds. The first-order valence-corrected chi connectivity index (χ1v) is 23.7. The van der Waals surface area contributed by atoms with Crippen molar-refractivity contribution in [2.75, 3.05) is 93.8 Å². The van der Waals surface area contributed by atoms with Crippen LogP contribution in [0.2, 0.25) is 0 Å². The first-order valence-electron chi connectivity index (χ1n) is 23.7. The summed E-state index contributed by atoms with van der Waals surface area (Å²) in [5.74, 6) is 3.06. The Labute approximate surface area is 371 Å². The second-order valence-electron chi connectivity index (χ2n) is 20.4. The third kappa shape index (κ3) is 8.88. The second-order valence-corrected chi connectivity index (χ2v) is 20.4. The van der Waals surface area contributed by atoms with Crippen LogP contribution < -0.4 is 18.9 Å². The number of piperazine rings is 2. The predicted molar refractivity (Wildman–Crippen MR) is 241 cm³/mol. The highest BCUT2D eigenvalue weighted by molar-refractivity contribution is 5.75. The third-order valence-corrected chi connectivity index (χ3v) is 16.2. The molecule has 6 unspecified atom stereocenters. The molecule has 2 N–H and O–H groups in total. The van der Waals surface area contributed by atoms with Gasteiger partial charge in [-0.1, -0.05) is 26.0 Å². The molecule has 6 fully saturated rings. The molecule has 344 valence electrons. The molecule has 0 spiro atoms. The number of likely N-dealkylation sites (N-methyl/N-ethyl adjacent to an activating group) is 2. The number of carbonyl (C=O) groups is 1. The van der Waals surface area contributed by atoms with E-state index >= 15 is 4.79 Å². The van der Waals surface area contributed by atoms with E-state index in [1.807, 2.05) is 26.0 Å². The van der Waals surface area contributed by atoms with Crippen LogP contribution in [0.25, 0.3) is 0 Å². The molecule has 8 rings (SSSR count). The molecule has 13 nitrogen and oxygen atoms in total. The number of aliphatic hydroxyl groups excluding tert-OH is 2. The maximum absolute atomic E-state index is 15.4. The minimum absolute atomic E-state index is 0.0154. The molecule has 13 heteroatoms. The van der Waals surface area contributed by atoms with E-state index in [4.69, 9.17) is 18.9 Å². The summed E-state index contributed by atoms with van der Waals surface area (Å²) >= 11 is 0. The van der Waals surface area contributed by atoms with Gasteiger partial charge in [-0.25, -0.2) is 4.79 Å². The highest BCUT2D eigenvalue weighted by Crippen LogP contribution is 2.50. The Hall–Kier alpha value is -3.33. The monoisotopic (exact) mass is 861 g/mol. The number of rotatable bonds is 12. The molecule has 6 aliphatic rings. The van der Waals surface area contributed by atoms with Gasteiger partial charge in [0.1, 0.15) is 0 Å². The van der Waals surface area contributed by atoms with Crippen LogP contribution in [0.15, 0.2) is 36.4 Å². The average Bonchev–Trinajstić information content (AvgIpc) is 4.09. The Balaban J connectivity index is 1.05.